The van der Waals surface area contributed by atoms with E-state index in [1.807, 2.05) is 0 Å². The smallest absolute Gasteiger partial charge is 0.310 e. The van der Waals surface area contributed by atoms with E-state index in [0.29, 0.717) is 6.29 Å². The quantitative estimate of drug-likeness (QED) is 0.607. The van der Waals surface area contributed by atoms with Gasteiger partial charge in [-0.25, -0.2) is 8.78 Å². The molecule has 0 saturated carbocycles. The van der Waals surface area contributed by atoms with Crippen molar-refractivity contribution >= 4 is 12.3 Å². The summed E-state index contributed by atoms with van der Waals surface area (Å²) in [5.41, 5.74) is -0.817. The minimum atomic E-state index is -2.85. The Kier molecular flexibility index (Phi) is 5.12. The van der Waals surface area contributed by atoms with E-state index in [0.717, 1.165) is 6.07 Å². The van der Waals surface area contributed by atoms with Crippen molar-refractivity contribution in [1.82, 2.24) is 0 Å². The third kappa shape index (κ3) is 3.35. The summed E-state index contributed by atoms with van der Waals surface area (Å²) in [6.07, 6.45) is -2.81. The van der Waals surface area contributed by atoms with Gasteiger partial charge in [-0.1, -0.05) is 12.1 Å². The van der Waals surface area contributed by atoms with Crippen molar-refractivity contribution in [2.24, 2.45) is 0 Å². The number of carbonyl (C=O) groups excluding carboxylic acids is 2. The highest BCUT2D eigenvalue weighted by molar-refractivity contribution is 5.84. The zero-order valence-electron chi connectivity index (χ0n) is 10.2. The second-order valence-corrected chi connectivity index (χ2v) is 3.61. The molecule has 1 rings (SSSR count). The van der Waals surface area contributed by atoms with Crippen LogP contribution in [0.1, 0.15) is 40.4 Å². The van der Waals surface area contributed by atoms with Crippen LogP contribution in [-0.4, -0.2) is 18.9 Å². The van der Waals surface area contributed by atoms with Crippen molar-refractivity contribution in [1.29, 1.82) is 5.26 Å². The van der Waals surface area contributed by atoms with Crippen LogP contribution in [0.25, 0.3) is 0 Å². The summed E-state index contributed by atoms with van der Waals surface area (Å²) in [6, 6.07) is 3.81. The fourth-order valence-corrected chi connectivity index (χ4v) is 1.65. The Bertz CT molecular complexity index is 535. The van der Waals surface area contributed by atoms with E-state index in [9.17, 15) is 18.4 Å². The van der Waals surface area contributed by atoms with Crippen LogP contribution < -0.4 is 0 Å². The van der Waals surface area contributed by atoms with Gasteiger partial charge in [0.05, 0.1) is 24.7 Å². The van der Waals surface area contributed by atoms with Gasteiger partial charge in [-0.2, -0.15) is 5.26 Å². The summed E-state index contributed by atoms with van der Waals surface area (Å²) in [6.45, 7) is 1.73. The van der Waals surface area contributed by atoms with Crippen molar-refractivity contribution in [3.05, 3.63) is 34.4 Å². The van der Waals surface area contributed by atoms with E-state index < -0.39 is 18.0 Å². The van der Waals surface area contributed by atoms with Gasteiger partial charge < -0.3 is 4.74 Å². The monoisotopic (exact) mass is 267 g/mol. The van der Waals surface area contributed by atoms with Gasteiger partial charge >= 0.3 is 5.97 Å². The summed E-state index contributed by atoms with van der Waals surface area (Å²) in [5.74, 6) is -0.673. The lowest BCUT2D eigenvalue weighted by Crippen LogP contribution is -2.12. The number of hydrogen-bond acceptors (Lipinski definition) is 4. The van der Waals surface area contributed by atoms with Crippen LogP contribution in [0, 0.1) is 11.3 Å². The second-order valence-electron chi connectivity index (χ2n) is 3.61. The van der Waals surface area contributed by atoms with E-state index in [-0.39, 0.29) is 29.7 Å². The molecule has 0 unspecified atom stereocenters. The predicted molar refractivity (Wildman–Crippen MR) is 61.8 cm³/mol. The number of halogens is 2. The molecule has 0 radical (unpaired) electrons. The Hall–Kier alpha value is -2.29. The maximum atomic E-state index is 12.8. The molecule has 0 spiro atoms. The fraction of sp³-hybridized carbons (Fsp3) is 0.308. The molecule has 0 aliphatic rings. The van der Waals surface area contributed by atoms with E-state index in [1.54, 1.807) is 13.0 Å². The molecule has 6 heteroatoms. The van der Waals surface area contributed by atoms with Crippen molar-refractivity contribution in [2.45, 2.75) is 19.8 Å². The van der Waals surface area contributed by atoms with Gasteiger partial charge in [0.1, 0.15) is 6.29 Å². The highest BCUT2D eigenvalue weighted by atomic mass is 19.3. The van der Waals surface area contributed by atoms with Gasteiger partial charge in [0, 0.05) is 11.1 Å². The number of nitriles is 1. The summed E-state index contributed by atoms with van der Waals surface area (Å²) >= 11 is 0. The van der Waals surface area contributed by atoms with Gasteiger partial charge in [0.2, 0.25) is 0 Å². The minimum Gasteiger partial charge on any atom is -0.466 e. The molecule has 1 aromatic rings. The molecular weight excluding hydrogens is 256 g/mol. The van der Waals surface area contributed by atoms with Gasteiger partial charge in [-0.05, 0) is 12.5 Å². The number of hydrogen-bond donors (Lipinski definition) is 0. The Morgan fingerprint density at radius 2 is 2.21 bits per heavy atom. The lowest BCUT2D eigenvalue weighted by atomic mass is 9.95. The number of carbonyl (C=O) groups is 2. The molecule has 1 aromatic carbocycles. The predicted octanol–water partition coefficient (Wildman–Crippen LogP) is 2.41. The first-order valence-corrected chi connectivity index (χ1v) is 5.49. The molecule has 0 amide bonds. The molecule has 0 atom stereocenters. The van der Waals surface area contributed by atoms with Crippen LogP contribution in [0.5, 0.6) is 0 Å². The van der Waals surface area contributed by atoms with Crippen LogP contribution in [0.3, 0.4) is 0 Å². The SMILES string of the molecule is CCOC(=O)Cc1c(C=O)ccc(C(F)F)c1C#N. The Labute approximate surface area is 108 Å². The number of alkyl halides is 2. The zero-order chi connectivity index (χ0) is 14.4. The number of esters is 1. The first-order chi connectivity index (χ1) is 9.04. The number of aldehydes is 1. The normalized spacial score (nSPS) is 10.1. The standard InChI is InChI=1S/C13H11F2NO3/c1-2-19-12(18)5-10-8(7-17)3-4-9(13(14)15)11(10)6-16/h3-4,7,13H,2,5H2,1H3. The first-order valence-electron chi connectivity index (χ1n) is 5.49. The first kappa shape index (κ1) is 14.8. The van der Waals surface area contributed by atoms with E-state index >= 15 is 0 Å². The molecule has 0 fully saturated rings. The largest absolute Gasteiger partial charge is 0.466 e. The Morgan fingerprint density at radius 3 is 2.68 bits per heavy atom. The summed E-state index contributed by atoms with van der Waals surface area (Å²) in [5, 5.41) is 8.96. The molecular formula is C13H11F2NO3. The lowest BCUT2D eigenvalue weighted by molar-refractivity contribution is -0.142. The number of rotatable bonds is 5. The fourth-order valence-electron chi connectivity index (χ4n) is 1.65. The molecule has 0 N–H and O–H groups in total. The van der Waals surface area contributed by atoms with Crippen molar-refractivity contribution in [3.63, 3.8) is 0 Å². The Morgan fingerprint density at radius 1 is 1.53 bits per heavy atom. The number of ether oxygens (including phenoxy) is 1. The average Bonchev–Trinajstić information content (AvgIpc) is 2.38. The maximum absolute atomic E-state index is 12.8. The molecule has 19 heavy (non-hydrogen) atoms. The highest BCUT2D eigenvalue weighted by Crippen LogP contribution is 2.27. The Balaban J connectivity index is 3.32. The third-order valence-electron chi connectivity index (χ3n) is 2.48. The van der Waals surface area contributed by atoms with Gasteiger partial charge in [0.25, 0.3) is 6.43 Å². The molecule has 0 aliphatic carbocycles. The van der Waals surface area contributed by atoms with E-state index in [2.05, 4.69) is 0 Å². The van der Waals surface area contributed by atoms with Crippen LogP contribution in [0.15, 0.2) is 12.1 Å². The molecule has 0 aromatic heterocycles. The van der Waals surface area contributed by atoms with Crippen LogP contribution in [0.4, 0.5) is 8.78 Å². The molecule has 0 bridgehead atoms. The van der Waals surface area contributed by atoms with Crippen molar-refractivity contribution in [2.75, 3.05) is 6.61 Å². The summed E-state index contributed by atoms with van der Waals surface area (Å²) in [4.78, 5) is 22.3. The van der Waals surface area contributed by atoms with Crippen LogP contribution in [0.2, 0.25) is 0 Å². The van der Waals surface area contributed by atoms with Gasteiger partial charge in [-0.15, -0.1) is 0 Å². The molecule has 0 saturated heterocycles. The maximum Gasteiger partial charge on any atom is 0.310 e. The second kappa shape index (κ2) is 6.59. The van der Waals surface area contributed by atoms with Crippen molar-refractivity contribution in [3.8, 4) is 6.07 Å². The number of benzene rings is 1. The summed E-state index contributed by atoms with van der Waals surface area (Å²) in [7, 11) is 0. The van der Waals surface area contributed by atoms with E-state index in [1.165, 1.54) is 6.07 Å². The lowest BCUT2D eigenvalue weighted by Gasteiger charge is -2.11. The van der Waals surface area contributed by atoms with Gasteiger partial charge in [-0.3, -0.25) is 9.59 Å². The number of nitrogens with zero attached hydrogens (tertiary/aromatic N) is 1. The average molecular weight is 267 g/mol. The van der Waals surface area contributed by atoms with Crippen molar-refractivity contribution < 1.29 is 23.1 Å². The minimum absolute atomic E-state index is 0.0197. The topological polar surface area (TPSA) is 67.2 Å². The van der Waals surface area contributed by atoms with Crippen LogP contribution >= 0.6 is 0 Å². The third-order valence-corrected chi connectivity index (χ3v) is 2.48. The van der Waals surface area contributed by atoms with E-state index in [4.69, 9.17) is 10.00 Å². The molecule has 0 aliphatic heterocycles. The molecule has 4 nitrogen and oxygen atoms in total. The zero-order valence-corrected chi connectivity index (χ0v) is 10.2. The molecule has 0 heterocycles. The summed E-state index contributed by atoms with van der Waals surface area (Å²) < 4.78 is 30.2. The molecule has 100 valence electrons. The van der Waals surface area contributed by atoms with Gasteiger partial charge in [0.15, 0.2) is 0 Å². The van der Waals surface area contributed by atoms with Crippen LogP contribution in [-0.2, 0) is 16.0 Å². The highest BCUT2D eigenvalue weighted by Gasteiger charge is 2.21.